The number of carbonyl (C=O) groups excluding carboxylic acids is 1. The zero-order valence-electron chi connectivity index (χ0n) is 13.7. The van der Waals surface area contributed by atoms with Crippen molar-refractivity contribution in [3.8, 4) is 0 Å². The molecule has 0 aromatic heterocycles. The SMILES string of the molecule is CC(OCCCNC(=O)/C=C/c1ccccc1F)c1ccccc1. The Labute approximate surface area is 142 Å². The van der Waals surface area contributed by atoms with Crippen LogP contribution in [0.25, 0.3) is 6.08 Å². The van der Waals surface area contributed by atoms with E-state index in [0.717, 1.165) is 12.0 Å². The average Bonchev–Trinajstić information content (AvgIpc) is 2.61. The van der Waals surface area contributed by atoms with Crippen molar-refractivity contribution < 1.29 is 13.9 Å². The average molecular weight is 327 g/mol. The first-order valence-electron chi connectivity index (χ1n) is 8.04. The molecule has 0 heterocycles. The molecule has 0 spiro atoms. The Bertz CT molecular complexity index is 670. The van der Waals surface area contributed by atoms with E-state index in [1.54, 1.807) is 18.2 Å². The van der Waals surface area contributed by atoms with E-state index in [1.807, 2.05) is 37.3 Å². The number of rotatable bonds is 8. The van der Waals surface area contributed by atoms with Gasteiger partial charge in [0.25, 0.3) is 0 Å². The predicted molar refractivity (Wildman–Crippen MR) is 93.9 cm³/mol. The van der Waals surface area contributed by atoms with Gasteiger partial charge in [-0.3, -0.25) is 4.79 Å². The lowest BCUT2D eigenvalue weighted by molar-refractivity contribution is -0.116. The lowest BCUT2D eigenvalue weighted by atomic mass is 10.1. The fourth-order valence-electron chi connectivity index (χ4n) is 2.20. The summed E-state index contributed by atoms with van der Waals surface area (Å²) in [6.45, 7) is 3.08. The molecule has 2 aromatic carbocycles. The van der Waals surface area contributed by atoms with Crippen LogP contribution in [0, 0.1) is 5.82 Å². The number of amides is 1. The van der Waals surface area contributed by atoms with Crippen LogP contribution in [0.5, 0.6) is 0 Å². The molecule has 24 heavy (non-hydrogen) atoms. The van der Waals surface area contributed by atoms with Gasteiger partial charge in [0.2, 0.25) is 5.91 Å². The molecule has 0 aliphatic heterocycles. The Morgan fingerprint density at radius 1 is 1.17 bits per heavy atom. The van der Waals surface area contributed by atoms with E-state index in [4.69, 9.17) is 4.74 Å². The maximum atomic E-state index is 13.4. The fourth-order valence-corrected chi connectivity index (χ4v) is 2.20. The van der Waals surface area contributed by atoms with Crippen molar-refractivity contribution in [3.63, 3.8) is 0 Å². The van der Waals surface area contributed by atoms with E-state index in [9.17, 15) is 9.18 Å². The molecule has 1 atom stereocenters. The van der Waals surface area contributed by atoms with Gasteiger partial charge < -0.3 is 10.1 Å². The molecule has 1 amide bonds. The third kappa shape index (κ3) is 5.97. The van der Waals surface area contributed by atoms with Gasteiger partial charge >= 0.3 is 0 Å². The number of hydrogen-bond acceptors (Lipinski definition) is 2. The number of halogens is 1. The van der Waals surface area contributed by atoms with E-state index in [0.29, 0.717) is 18.7 Å². The molecular formula is C20H22FNO2. The third-order valence-corrected chi connectivity index (χ3v) is 3.58. The molecule has 0 aliphatic carbocycles. The normalized spacial score (nSPS) is 12.2. The van der Waals surface area contributed by atoms with Crippen LogP contribution >= 0.6 is 0 Å². The van der Waals surface area contributed by atoms with Gasteiger partial charge in [0, 0.05) is 24.8 Å². The maximum absolute atomic E-state index is 13.4. The van der Waals surface area contributed by atoms with Crippen LogP contribution < -0.4 is 5.32 Å². The molecule has 3 nitrogen and oxygen atoms in total. The number of ether oxygens (including phenoxy) is 1. The van der Waals surface area contributed by atoms with Crippen LogP contribution in [0.15, 0.2) is 60.7 Å². The van der Waals surface area contributed by atoms with Crippen molar-refractivity contribution in [2.45, 2.75) is 19.4 Å². The quantitative estimate of drug-likeness (QED) is 0.585. The summed E-state index contributed by atoms with van der Waals surface area (Å²) in [4.78, 5) is 11.7. The van der Waals surface area contributed by atoms with Crippen LogP contribution in [0.2, 0.25) is 0 Å². The van der Waals surface area contributed by atoms with Crippen molar-refractivity contribution >= 4 is 12.0 Å². The highest BCUT2D eigenvalue weighted by molar-refractivity contribution is 5.91. The molecule has 0 fully saturated rings. The molecular weight excluding hydrogens is 305 g/mol. The van der Waals surface area contributed by atoms with Crippen molar-refractivity contribution in [1.29, 1.82) is 0 Å². The van der Waals surface area contributed by atoms with E-state index in [-0.39, 0.29) is 17.8 Å². The summed E-state index contributed by atoms with van der Waals surface area (Å²) in [5.74, 6) is -0.584. The Balaban J connectivity index is 1.64. The van der Waals surface area contributed by atoms with Gasteiger partial charge in [-0.2, -0.15) is 0 Å². The van der Waals surface area contributed by atoms with Gasteiger partial charge in [0.15, 0.2) is 0 Å². The first-order chi connectivity index (χ1) is 11.7. The second-order valence-corrected chi connectivity index (χ2v) is 5.42. The smallest absolute Gasteiger partial charge is 0.244 e. The van der Waals surface area contributed by atoms with Gasteiger partial charge in [-0.25, -0.2) is 4.39 Å². The lowest BCUT2D eigenvalue weighted by Crippen LogP contribution is -2.23. The van der Waals surface area contributed by atoms with E-state index in [2.05, 4.69) is 5.32 Å². The van der Waals surface area contributed by atoms with Crippen LogP contribution in [-0.2, 0) is 9.53 Å². The molecule has 126 valence electrons. The highest BCUT2D eigenvalue weighted by Gasteiger charge is 2.04. The Kier molecular flexibility index (Phi) is 7.18. The zero-order chi connectivity index (χ0) is 17.2. The van der Waals surface area contributed by atoms with Crippen molar-refractivity contribution in [2.75, 3.05) is 13.2 Å². The second-order valence-electron chi connectivity index (χ2n) is 5.42. The summed E-state index contributed by atoms with van der Waals surface area (Å²) < 4.78 is 19.1. The molecule has 0 bridgehead atoms. The van der Waals surface area contributed by atoms with Gasteiger partial charge in [-0.15, -0.1) is 0 Å². The van der Waals surface area contributed by atoms with Crippen molar-refractivity contribution in [2.24, 2.45) is 0 Å². The summed E-state index contributed by atoms with van der Waals surface area (Å²) in [5, 5.41) is 2.76. The van der Waals surface area contributed by atoms with E-state index >= 15 is 0 Å². The molecule has 0 radical (unpaired) electrons. The molecule has 0 aliphatic rings. The highest BCUT2D eigenvalue weighted by atomic mass is 19.1. The standard InChI is InChI=1S/C20H22FNO2/c1-16(17-8-3-2-4-9-17)24-15-7-14-22-20(23)13-12-18-10-5-6-11-19(18)21/h2-6,8-13,16H,7,14-15H2,1H3,(H,22,23)/b13-12+. The summed E-state index contributed by atoms with van der Waals surface area (Å²) in [6, 6.07) is 16.3. The minimum absolute atomic E-state index is 0.0304. The topological polar surface area (TPSA) is 38.3 Å². The highest BCUT2D eigenvalue weighted by Crippen LogP contribution is 2.15. The molecule has 0 saturated heterocycles. The number of nitrogens with one attached hydrogen (secondary N) is 1. The molecule has 1 N–H and O–H groups in total. The van der Waals surface area contributed by atoms with Crippen molar-refractivity contribution in [1.82, 2.24) is 5.32 Å². The van der Waals surface area contributed by atoms with Gasteiger partial charge in [0.1, 0.15) is 5.82 Å². The Morgan fingerprint density at radius 2 is 1.88 bits per heavy atom. The molecule has 4 heteroatoms. The maximum Gasteiger partial charge on any atom is 0.244 e. The Hall–Kier alpha value is -2.46. The lowest BCUT2D eigenvalue weighted by Gasteiger charge is -2.13. The van der Waals surface area contributed by atoms with Crippen LogP contribution in [0.4, 0.5) is 4.39 Å². The monoisotopic (exact) mass is 327 g/mol. The largest absolute Gasteiger partial charge is 0.374 e. The number of carbonyl (C=O) groups is 1. The summed E-state index contributed by atoms with van der Waals surface area (Å²) in [6.07, 6.45) is 3.56. The van der Waals surface area contributed by atoms with Gasteiger partial charge in [-0.1, -0.05) is 48.5 Å². The molecule has 2 rings (SSSR count). The minimum atomic E-state index is -0.343. The van der Waals surface area contributed by atoms with Crippen molar-refractivity contribution in [3.05, 3.63) is 77.6 Å². The fraction of sp³-hybridized carbons (Fsp3) is 0.250. The second kappa shape index (κ2) is 9.63. The number of hydrogen-bond donors (Lipinski definition) is 1. The van der Waals surface area contributed by atoms with E-state index < -0.39 is 0 Å². The van der Waals surface area contributed by atoms with Crippen LogP contribution in [0.3, 0.4) is 0 Å². The zero-order valence-corrected chi connectivity index (χ0v) is 13.7. The van der Waals surface area contributed by atoms with Crippen LogP contribution in [-0.4, -0.2) is 19.1 Å². The Morgan fingerprint density at radius 3 is 2.62 bits per heavy atom. The summed E-state index contributed by atoms with van der Waals surface area (Å²) >= 11 is 0. The van der Waals surface area contributed by atoms with Crippen LogP contribution in [0.1, 0.15) is 30.6 Å². The summed E-state index contributed by atoms with van der Waals surface area (Å²) in [5.41, 5.74) is 1.53. The van der Waals surface area contributed by atoms with Gasteiger partial charge in [0.05, 0.1) is 6.10 Å². The predicted octanol–water partition coefficient (Wildman–Crippen LogP) is 4.12. The first kappa shape index (κ1) is 17.9. The third-order valence-electron chi connectivity index (χ3n) is 3.58. The summed E-state index contributed by atoms with van der Waals surface area (Å²) in [7, 11) is 0. The molecule has 2 aromatic rings. The number of benzene rings is 2. The molecule has 1 unspecified atom stereocenters. The van der Waals surface area contributed by atoms with E-state index in [1.165, 1.54) is 18.2 Å². The molecule has 0 saturated carbocycles. The first-order valence-corrected chi connectivity index (χ1v) is 8.04. The van der Waals surface area contributed by atoms with Gasteiger partial charge in [-0.05, 0) is 31.1 Å². The minimum Gasteiger partial charge on any atom is -0.374 e.